The highest BCUT2D eigenvalue weighted by Gasteiger charge is 2.14. The van der Waals surface area contributed by atoms with E-state index in [0.29, 0.717) is 12.1 Å². The topological polar surface area (TPSA) is 80.0 Å². The molecule has 5 nitrogen and oxygen atoms in total. The van der Waals surface area contributed by atoms with Crippen molar-refractivity contribution in [3.63, 3.8) is 0 Å². The summed E-state index contributed by atoms with van der Waals surface area (Å²) in [7, 11) is 0. The quantitative estimate of drug-likeness (QED) is 0.462. The van der Waals surface area contributed by atoms with E-state index < -0.39 is 23.4 Å². The molecule has 1 heterocycles. The standard InChI is InChI=1S/C12H8ClF3N4O/c13-7-1-5(4-18-11(7)20-17)12(21)19-6-2-8(14)10(16)9(15)3-6/h1-4H,17H2,(H,18,20)(H,19,21). The minimum Gasteiger partial charge on any atom is -0.322 e. The van der Waals surface area contributed by atoms with Gasteiger partial charge in [-0.15, -0.1) is 0 Å². The van der Waals surface area contributed by atoms with Gasteiger partial charge in [0.1, 0.15) is 0 Å². The highest BCUT2D eigenvalue weighted by molar-refractivity contribution is 6.33. The van der Waals surface area contributed by atoms with Crippen LogP contribution in [-0.4, -0.2) is 10.9 Å². The van der Waals surface area contributed by atoms with Crippen LogP contribution in [0.1, 0.15) is 10.4 Å². The summed E-state index contributed by atoms with van der Waals surface area (Å²) >= 11 is 5.79. The van der Waals surface area contributed by atoms with Crippen LogP contribution < -0.4 is 16.6 Å². The Bertz CT molecular complexity index is 688. The second-order valence-electron chi connectivity index (χ2n) is 3.91. The number of amides is 1. The van der Waals surface area contributed by atoms with Gasteiger partial charge in [-0.05, 0) is 6.07 Å². The van der Waals surface area contributed by atoms with Crippen molar-refractivity contribution >= 4 is 29.0 Å². The molecule has 0 saturated heterocycles. The van der Waals surface area contributed by atoms with Gasteiger partial charge >= 0.3 is 0 Å². The third-order valence-electron chi connectivity index (χ3n) is 2.48. The fourth-order valence-corrected chi connectivity index (χ4v) is 1.72. The maximum Gasteiger partial charge on any atom is 0.257 e. The summed E-state index contributed by atoms with van der Waals surface area (Å²) in [5.74, 6) is 0.127. The van der Waals surface area contributed by atoms with E-state index in [1.54, 1.807) is 0 Å². The lowest BCUT2D eigenvalue weighted by molar-refractivity contribution is 0.102. The van der Waals surface area contributed by atoms with Crippen LogP contribution in [0.3, 0.4) is 0 Å². The fraction of sp³-hybridized carbons (Fsp3) is 0. The van der Waals surface area contributed by atoms with E-state index in [2.05, 4.69) is 15.7 Å². The van der Waals surface area contributed by atoms with Crippen LogP contribution in [0.4, 0.5) is 24.7 Å². The molecule has 1 aromatic carbocycles. The lowest BCUT2D eigenvalue weighted by Crippen LogP contribution is -2.14. The number of hydrogen-bond donors (Lipinski definition) is 3. The van der Waals surface area contributed by atoms with Gasteiger partial charge in [0.2, 0.25) is 0 Å². The van der Waals surface area contributed by atoms with Crippen LogP contribution in [-0.2, 0) is 0 Å². The molecule has 2 rings (SSSR count). The molecule has 4 N–H and O–H groups in total. The van der Waals surface area contributed by atoms with E-state index in [9.17, 15) is 18.0 Å². The number of nitrogens with two attached hydrogens (primary N) is 1. The molecule has 110 valence electrons. The monoisotopic (exact) mass is 316 g/mol. The normalized spacial score (nSPS) is 10.3. The number of rotatable bonds is 3. The zero-order valence-electron chi connectivity index (χ0n) is 10.3. The first kappa shape index (κ1) is 15.1. The first-order valence-corrected chi connectivity index (χ1v) is 5.88. The summed E-state index contributed by atoms with van der Waals surface area (Å²) in [5, 5.41) is 2.28. The van der Waals surface area contributed by atoms with Crippen molar-refractivity contribution in [1.82, 2.24) is 4.98 Å². The summed E-state index contributed by atoms with van der Waals surface area (Å²) in [6.07, 6.45) is 1.16. The van der Waals surface area contributed by atoms with E-state index >= 15 is 0 Å². The smallest absolute Gasteiger partial charge is 0.257 e. The van der Waals surface area contributed by atoms with Gasteiger partial charge < -0.3 is 10.7 Å². The predicted octanol–water partition coefficient (Wildman–Crippen LogP) is 2.69. The molecule has 0 aliphatic heterocycles. The van der Waals surface area contributed by atoms with Crippen LogP contribution in [0.5, 0.6) is 0 Å². The van der Waals surface area contributed by atoms with Crippen LogP contribution in [0.15, 0.2) is 24.4 Å². The number of nitrogens with one attached hydrogen (secondary N) is 2. The van der Waals surface area contributed by atoms with Crippen LogP contribution in [0, 0.1) is 17.5 Å². The largest absolute Gasteiger partial charge is 0.322 e. The molecule has 1 amide bonds. The Hall–Kier alpha value is -2.32. The number of carbonyl (C=O) groups is 1. The lowest BCUT2D eigenvalue weighted by atomic mass is 10.2. The van der Waals surface area contributed by atoms with E-state index in [1.165, 1.54) is 6.07 Å². The molecule has 0 aliphatic carbocycles. The maximum atomic E-state index is 13.0. The van der Waals surface area contributed by atoms with Gasteiger partial charge in [-0.3, -0.25) is 4.79 Å². The van der Waals surface area contributed by atoms with Gasteiger partial charge in [-0.2, -0.15) is 0 Å². The van der Waals surface area contributed by atoms with Crippen molar-refractivity contribution in [2.75, 3.05) is 10.7 Å². The minimum absolute atomic E-state index is 0.0316. The van der Waals surface area contributed by atoms with Crippen molar-refractivity contribution in [2.24, 2.45) is 5.84 Å². The number of aromatic nitrogens is 1. The minimum atomic E-state index is -1.61. The Labute approximate surface area is 121 Å². The second kappa shape index (κ2) is 5.98. The Morgan fingerprint density at radius 1 is 1.19 bits per heavy atom. The molecule has 21 heavy (non-hydrogen) atoms. The third kappa shape index (κ3) is 3.23. The van der Waals surface area contributed by atoms with Gasteiger partial charge in [0, 0.05) is 24.0 Å². The molecule has 0 spiro atoms. The zero-order valence-corrected chi connectivity index (χ0v) is 11.0. The first-order valence-electron chi connectivity index (χ1n) is 5.50. The number of anilines is 2. The number of benzene rings is 1. The molecule has 0 atom stereocenters. The maximum absolute atomic E-state index is 13.0. The van der Waals surface area contributed by atoms with Gasteiger partial charge in [-0.1, -0.05) is 11.6 Å². The number of halogens is 4. The molecule has 0 radical (unpaired) electrons. The SMILES string of the molecule is NNc1ncc(C(=O)Nc2cc(F)c(F)c(F)c2)cc1Cl. The zero-order chi connectivity index (χ0) is 15.6. The predicted molar refractivity (Wildman–Crippen MR) is 71.3 cm³/mol. The van der Waals surface area contributed by atoms with Crippen molar-refractivity contribution in [3.8, 4) is 0 Å². The van der Waals surface area contributed by atoms with E-state index in [1.807, 2.05) is 0 Å². The first-order chi connectivity index (χ1) is 9.92. The summed E-state index contributed by atoms with van der Waals surface area (Å²) in [5.41, 5.74) is 2.01. The van der Waals surface area contributed by atoms with Crippen LogP contribution in [0.25, 0.3) is 0 Å². The Morgan fingerprint density at radius 3 is 2.33 bits per heavy atom. The van der Waals surface area contributed by atoms with Gasteiger partial charge in [0.15, 0.2) is 23.3 Å². The highest BCUT2D eigenvalue weighted by Crippen LogP contribution is 2.21. The highest BCUT2D eigenvalue weighted by atomic mass is 35.5. The average Bonchev–Trinajstić information content (AvgIpc) is 2.44. The average molecular weight is 317 g/mol. The summed E-state index contributed by atoms with van der Waals surface area (Å²) < 4.78 is 38.9. The Kier molecular flexibility index (Phi) is 4.29. The third-order valence-corrected chi connectivity index (χ3v) is 2.77. The van der Waals surface area contributed by atoms with Gasteiger partial charge in [0.05, 0.1) is 10.6 Å². The molecule has 2 aromatic rings. The number of nitrogens with zero attached hydrogens (tertiary/aromatic N) is 1. The summed E-state index contributed by atoms with van der Waals surface area (Å²) in [6, 6.07) is 2.57. The van der Waals surface area contributed by atoms with Gasteiger partial charge in [-0.25, -0.2) is 24.0 Å². The molecule has 0 unspecified atom stereocenters. The summed E-state index contributed by atoms with van der Waals surface area (Å²) in [4.78, 5) is 15.6. The second-order valence-corrected chi connectivity index (χ2v) is 4.31. The molecule has 0 fully saturated rings. The van der Waals surface area contributed by atoms with Crippen molar-refractivity contribution in [3.05, 3.63) is 52.4 Å². The molecule has 0 bridgehead atoms. The number of hydrogen-bond acceptors (Lipinski definition) is 4. The number of hydrazine groups is 1. The van der Waals surface area contributed by atoms with Crippen molar-refractivity contribution < 1.29 is 18.0 Å². The van der Waals surface area contributed by atoms with E-state index in [0.717, 1.165) is 6.20 Å². The fourth-order valence-electron chi connectivity index (χ4n) is 1.50. The van der Waals surface area contributed by atoms with Gasteiger partial charge in [0.25, 0.3) is 5.91 Å². The Morgan fingerprint density at radius 2 is 1.81 bits per heavy atom. The molecule has 0 saturated carbocycles. The number of carbonyl (C=O) groups excluding carboxylic acids is 1. The van der Waals surface area contributed by atoms with Crippen LogP contribution in [0.2, 0.25) is 5.02 Å². The van der Waals surface area contributed by atoms with E-state index in [4.69, 9.17) is 17.4 Å². The molecule has 9 heteroatoms. The molecule has 1 aromatic heterocycles. The van der Waals surface area contributed by atoms with E-state index in [-0.39, 0.29) is 22.1 Å². The number of pyridine rings is 1. The molecular weight excluding hydrogens is 309 g/mol. The van der Waals surface area contributed by atoms with Crippen molar-refractivity contribution in [2.45, 2.75) is 0 Å². The summed E-state index contributed by atoms with van der Waals surface area (Å²) in [6.45, 7) is 0. The van der Waals surface area contributed by atoms with Crippen LogP contribution >= 0.6 is 11.6 Å². The molecular formula is C12H8ClF3N4O. The van der Waals surface area contributed by atoms with Crippen molar-refractivity contribution in [1.29, 1.82) is 0 Å². The Balaban J connectivity index is 2.24. The number of nitrogen functional groups attached to an aromatic ring is 1. The lowest BCUT2D eigenvalue weighted by Gasteiger charge is -2.08. The molecule has 0 aliphatic rings.